The van der Waals surface area contributed by atoms with Gasteiger partial charge in [-0.15, -0.1) is 0 Å². The summed E-state index contributed by atoms with van der Waals surface area (Å²) in [6.07, 6.45) is 1.21. The summed E-state index contributed by atoms with van der Waals surface area (Å²) in [4.78, 5) is 37.0. The van der Waals surface area contributed by atoms with Crippen molar-refractivity contribution in [2.24, 2.45) is 11.8 Å². The predicted molar refractivity (Wildman–Crippen MR) is 75.6 cm³/mol. The van der Waals surface area contributed by atoms with E-state index in [-0.39, 0.29) is 24.0 Å². The van der Waals surface area contributed by atoms with Crippen LogP contribution in [0.3, 0.4) is 0 Å². The molecule has 6 nitrogen and oxygen atoms in total. The van der Waals surface area contributed by atoms with E-state index in [4.69, 9.17) is 16.3 Å². The van der Waals surface area contributed by atoms with Gasteiger partial charge < -0.3 is 4.74 Å². The number of hydrazine groups is 1. The Bertz CT molecular complexity index is 647. The highest BCUT2D eigenvalue weighted by molar-refractivity contribution is 6.30. The Labute approximate surface area is 131 Å². The van der Waals surface area contributed by atoms with Crippen molar-refractivity contribution < 1.29 is 19.1 Å². The Morgan fingerprint density at radius 3 is 2.18 bits per heavy atom. The van der Waals surface area contributed by atoms with Crippen LogP contribution in [-0.4, -0.2) is 34.9 Å². The summed E-state index contributed by atoms with van der Waals surface area (Å²) >= 11 is 5.77. The highest BCUT2D eigenvalue weighted by Gasteiger charge is 2.62. The third-order valence-electron chi connectivity index (χ3n) is 4.60. The van der Waals surface area contributed by atoms with Crippen molar-refractivity contribution in [1.82, 2.24) is 10.4 Å². The van der Waals surface area contributed by atoms with Crippen molar-refractivity contribution in [2.45, 2.75) is 25.0 Å². The van der Waals surface area contributed by atoms with E-state index in [1.165, 1.54) is 12.1 Å². The van der Waals surface area contributed by atoms with Crippen molar-refractivity contribution in [3.8, 4) is 0 Å². The van der Waals surface area contributed by atoms with Crippen molar-refractivity contribution in [3.63, 3.8) is 0 Å². The maximum absolute atomic E-state index is 12.4. The zero-order chi connectivity index (χ0) is 15.4. The Morgan fingerprint density at radius 1 is 1.09 bits per heavy atom. The summed E-state index contributed by atoms with van der Waals surface area (Å²) in [5.41, 5.74) is 2.74. The first-order valence-corrected chi connectivity index (χ1v) is 7.54. The van der Waals surface area contributed by atoms with Gasteiger partial charge in [-0.05, 0) is 37.1 Å². The fourth-order valence-corrected chi connectivity index (χ4v) is 3.72. The molecule has 3 heterocycles. The van der Waals surface area contributed by atoms with Gasteiger partial charge in [0, 0.05) is 10.6 Å². The van der Waals surface area contributed by atoms with Gasteiger partial charge in [-0.3, -0.25) is 19.8 Å². The standard InChI is InChI=1S/C15H13ClN2O4/c16-8-3-1-7(2-4-8)13(19)17-18-14(20)11-9-5-6-10(22-9)12(11)15(18)21/h1-4,9-12H,5-6H2,(H,17,19)/t9-,10-,11+,12+/m1/s1. The molecule has 4 rings (SSSR count). The number of hydrogen-bond acceptors (Lipinski definition) is 4. The molecule has 0 radical (unpaired) electrons. The smallest absolute Gasteiger partial charge is 0.270 e. The maximum atomic E-state index is 12.4. The summed E-state index contributed by atoms with van der Waals surface area (Å²) in [7, 11) is 0. The van der Waals surface area contributed by atoms with Crippen LogP contribution >= 0.6 is 11.6 Å². The molecule has 0 saturated carbocycles. The molecular weight excluding hydrogens is 308 g/mol. The Hall–Kier alpha value is -1.92. The third kappa shape index (κ3) is 1.87. The van der Waals surface area contributed by atoms with Crippen LogP contribution in [0.4, 0.5) is 0 Å². The summed E-state index contributed by atoms with van der Waals surface area (Å²) in [5, 5.41) is 1.37. The van der Waals surface area contributed by atoms with Crippen LogP contribution in [0, 0.1) is 11.8 Å². The highest BCUT2D eigenvalue weighted by Crippen LogP contribution is 2.48. The van der Waals surface area contributed by atoms with Crippen LogP contribution in [0.25, 0.3) is 0 Å². The number of carbonyl (C=O) groups excluding carboxylic acids is 3. The number of carbonyl (C=O) groups is 3. The van der Waals surface area contributed by atoms with Crippen LogP contribution in [0.2, 0.25) is 5.02 Å². The minimum absolute atomic E-state index is 0.191. The van der Waals surface area contributed by atoms with Gasteiger partial charge in [-0.1, -0.05) is 11.6 Å². The van der Waals surface area contributed by atoms with Crippen LogP contribution < -0.4 is 5.43 Å². The largest absolute Gasteiger partial charge is 0.373 e. The van der Waals surface area contributed by atoms with Crippen LogP contribution in [0.1, 0.15) is 23.2 Å². The fourth-order valence-electron chi connectivity index (χ4n) is 3.59. The molecule has 2 bridgehead atoms. The molecule has 1 aromatic carbocycles. The molecule has 22 heavy (non-hydrogen) atoms. The lowest BCUT2D eigenvalue weighted by atomic mass is 9.81. The van der Waals surface area contributed by atoms with Crippen LogP contribution in [-0.2, 0) is 14.3 Å². The number of imide groups is 1. The number of hydrogen-bond donors (Lipinski definition) is 1. The molecule has 3 fully saturated rings. The van der Waals surface area contributed by atoms with Crippen molar-refractivity contribution in [3.05, 3.63) is 34.9 Å². The molecule has 1 aromatic rings. The molecule has 4 atom stereocenters. The summed E-state index contributed by atoms with van der Waals surface area (Å²) in [6.45, 7) is 0. The predicted octanol–water partition coefficient (Wildman–Crippen LogP) is 1.15. The monoisotopic (exact) mass is 320 g/mol. The average Bonchev–Trinajstić information content (AvgIpc) is 3.17. The van der Waals surface area contributed by atoms with E-state index < -0.39 is 17.7 Å². The molecular formula is C15H13ClN2O4. The third-order valence-corrected chi connectivity index (χ3v) is 4.86. The van der Waals surface area contributed by atoms with E-state index in [0.717, 1.165) is 17.9 Å². The van der Waals surface area contributed by atoms with Gasteiger partial charge in [0.1, 0.15) is 0 Å². The van der Waals surface area contributed by atoms with E-state index in [1.54, 1.807) is 12.1 Å². The molecule has 1 N–H and O–H groups in total. The second-order valence-electron chi connectivity index (χ2n) is 5.80. The number of amides is 3. The lowest BCUT2D eigenvalue weighted by molar-refractivity contribution is -0.145. The van der Waals surface area contributed by atoms with Gasteiger partial charge in [0.2, 0.25) is 0 Å². The molecule has 3 aliphatic heterocycles. The lowest BCUT2D eigenvalue weighted by Gasteiger charge is -2.18. The molecule has 0 unspecified atom stereocenters. The number of benzene rings is 1. The minimum Gasteiger partial charge on any atom is -0.373 e. The number of ether oxygens (including phenoxy) is 1. The maximum Gasteiger partial charge on any atom is 0.270 e. The topological polar surface area (TPSA) is 75.7 Å². The van der Waals surface area contributed by atoms with Gasteiger partial charge in [0.05, 0.1) is 24.0 Å². The minimum atomic E-state index is -0.508. The van der Waals surface area contributed by atoms with Gasteiger partial charge in [0.25, 0.3) is 17.7 Å². The first kappa shape index (κ1) is 13.7. The van der Waals surface area contributed by atoms with E-state index in [9.17, 15) is 14.4 Å². The first-order valence-electron chi connectivity index (χ1n) is 7.16. The van der Waals surface area contributed by atoms with Gasteiger partial charge >= 0.3 is 0 Å². The second kappa shape index (κ2) is 4.79. The van der Waals surface area contributed by atoms with E-state index in [0.29, 0.717) is 10.6 Å². The van der Waals surface area contributed by atoms with Crippen LogP contribution in [0.15, 0.2) is 24.3 Å². The van der Waals surface area contributed by atoms with E-state index in [1.807, 2.05) is 0 Å². The van der Waals surface area contributed by atoms with Gasteiger partial charge in [-0.25, -0.2) is 0 Å². The van der Waals surface area contributed by atoms with Gasteiger partial charge in [0.15, 0.2) is 0 Å². The average molecular weight is 321 g/mol. The lowest BCUT2D eigenvalue weighted by Crippen LogP contribution is -2.47. The summed E-state index contributed by atoms with van der Waals surface area (Å²) in [5.74, 6) is -2.14. The summed E-state index contributed by atoms with van der Waals surface area (Å²) in [6, 6.07) is 6.23. The molecule has 114 valence electrons. The Kier molecular flexibility index (Phi) is 2.99. The molecule has 0 spiro atoms. The van der Waals surface area contributed by atoms with Crippen LogP contribution in [0.5, 0.6) is 0 Å². The second-order valence-corrected chi connectivity index (χ2v) is 6.24. The fraction of sp³-hybridized carbons (Fsp3) is 0.400. The van der Waals surface area contributed by atoms with Crippen molar-refractivity contribution >= 4 is 29.3 Å². The van der Waals surface area contributed by atoms with E-state index >= 15 is 0 Å². The summed E-state index contributed by atoms with van der Waals surface area (Å²) < 4.78 is 5.64. The molecule has 3 saturated heterocycles. The van der Waals surface area contributed by atoms with Crippen molar-refractivity contribution in [1.29, 1.82) is 0 Å². The first-order chi connectivity index (χ1) is 10.6. The molecule has 3 aliphatic rings. The van der Waals surface area contributed by atoms with E-state index in [2.05, 4.69) is 5.43 Å². The molecule has 0 aliphatic carbocycles. The Balaban J connectivity index is 1.54. The molecule has 7 heteroatoms. The SMILES string of the molecule is O=C(NN1C(=O)[C@@H]2[C@@H](C1=O)[C@H]1CC[C@H]2O1)c1ccc(Cl)cc1. The number of halogens is 1. The quantitative estimate of drug-likeness (QED) is 0.829. The Morgan fingerprint density at radius 2 is 1.64 bits per heavy atom. The number of nitrogens with zero attached hydrogens (tertiary/aromatic N) is 1. The van der Waals surface area contributed by atoms with Crippen molar-refractivity contribution in [2.75, 3.05) is 0 Å². The number of rotatable bonds is 2. The molecule has 3 amide bonds. The number of fused-ring (bicyclic) bond motifs is 5. The highest BCUT2D eigenvalue weighted by atomic mass is 35.5. The van der Waals surface area contributed by atoms with Gasteiger partial charge in [-0.2, -0.15) is 5.01 Å². The zero-order valence-electron chi connectivity index (χ0n) is 11.5. The zero-order valence-corrected chi connectivity index (χ0v) is 12.2. The molecule has 0 aromatic heterocycles. The number of nitrogens with one attached hydrogen (secondary N) is 1. The normalized spacial score (nSPS) is 32.5.